The van der Waals surface area contributed by atoms with Crippen LogP contribution >= 0.6 is 0 Å². The molecule has 1 aromatic rings. The highest BCUT2D eigenvalue weighted by Gasteiger charge is 2.30. The van der Waals surface area contributed by atoms with E-state index in [4.69, 9.17) is 14.6 Å². The number of aliphatic hydroxyl groups excluding tert-OH is 1. The van der Waals surface area contributed by atoms with Crippen molar-refractivity contribution in [2.45, 2.75) is 58.4 Å². The van der Waals surface area contributed by atoms with Crippen molar-refractivity contribution < 1.29 is 29.0 Å². The minimum Gasteiger partial charge on any atom is -0.467 e. The number of alkyl carbamates (subject to hydrolysis) is 1. The Labute approximate surface area is 182 Å². The number of amides is 2. The number of aliphatic hydroxyl groups is 1. The molecule has 1 aromatic carbocycles. The summed E-state index contributed by atoms with van der Waals surface area (Å²) in [6.45, 7) is 8.23. The largest absolute Gasteiger partial charge is 0.467 e. The van der Waals surface area contributed by atoms with E-state index >= 15 is 0 Å². The molecule has 0 aliphatic rings. The van der Waals surface area contributed by atoms with E-state index < -0.39 is 41.8 Å². The second-order valence-electron chi connectivity index (χ2n) is 7.68. The lowest BCUT2D eigenvalue weighted by Gasteiger charge is -2.26. The van der Waals surface area contributed by atoms with Gasteiger partial charge in [0.25, 0.3) is 5.91 Å². The molecule has 0 saturated carbocycles. The van der Waals surface area contributed by atoms with Gasteiger partial charge in [0.2, 0.25) is 0 Å². The number of ether oxygens (including phenoxy) is 2. The molecule has 3 atom stereocenters. The Morgan fingerprint density at radius 3 is 2.16 bits per heavy atom. The van der Waals surface area contributed by atoms with Crippen molar-refractivity contribution >= 4 is 18.0 Å². The quantitative estimate of drug-likeness (QED) is 0.485. The number of carbonyl (C=O) groups excluding carboxylic acids is 3. The molecule has 0 fully saturated rings. The molecule has 0 bridgehead atoms. The maximum absolute atomic E-state index is 12.6. The average molecular weight is 428 g/mol. The summed E-state index contributed by atoms with van der Waals surface area (Å²) in [6.07, 6.45) is -1.47. The van der Waals surface area contributed by atoms with Crippen LogP contribution in [0.25, 0.3) is 0 Å². The molecule has 8 heteroatoms. The van der Waals surface area contributed by atoms with Crippen molar-refractivity contribution in [2.24, 2.45) is 0 Å². The minimum absolute atomic E-state index is 0.291. The first kappa shape index (κ1) is 25.5. The van der Waals surface area contributed by atoms with Crippen molar-refractivity contribution in [3.63, 3.8) is 0 Å². The number of rotatable bonds is 5. The molecule has 0 aliphatic carbocycles. The first-order valence-corrected chi connectivity index (χ1v) is 9.61. The number of carbonyl (C=O) groups is 3. The fourth-order valence-electron chi connectivity index (χ4n) is 2.27. The topological polar surface area (TPSA) is 114 Å². The zero-order valence-electron chi connectivity index (χ0n) is 18.5. The van der Waals surface area contributed by atoms with E-state index in [0.717, 1.165) is 0 Å². The Morgan fingerprint density at radius 2 is 1.65 bits per heavy atom. The van der Waals surface area contributed by atoms with Crippen LogP contribution in [-0.2, 0) is 14.3 Å². The summed E-state index contributed by atoms with van der Waals surface area (Å²) in [5.74, 6) is 9.18. The Hall–Kier alpha value is -3.49. The van der Waals surface area contributed by atoms with E-state index in [9.17, 15) is 14.4 Å². The molecule has 0 saturated heterocycles. The van der Waals surface area contributed by atoms with Gasteiger partial charge in [0.1, 0.15) is 17.7 Å². The van der Waals surface area contributed by atoms with Crippen LogP contribution in [0.15, 0.2) is 24.3 Å². The van der Waals surface area contributed by atoms with Gasteiger partial charge in [-0.3, -0.25) is 4.79 Å². The number of hydrogen-bond donors (Lipinski definition) is 3. The number of hydrogen-bond acceptors (Lipinski definition) is 6. The molecule has 0 heterocycles. The highest BCUT2D eigenvalue weighted by Crippen LogP contribution is 2.09. The highest BCUT2D eigenvalue weighted by molar-refractivity contribution is 5.97. The normalized spacial score (nSPS) is 13.1. The second kappa shape index (κ2) is 11.6. The maximum atomic E-state index is 12.6. The van der Waals surface area contributed by atoms with Crippen LogP contribution in [0.3, 0.4) is 0 Å². The van der Waals surface area contributed by atoms with Gasteiger partial charge >= 0.3 is 12.1 Å². The fourth-order valence-corrected chi connectivity index (χ4v) is 2.27. The molecule has 1 rings (SSSR count). The molecule has 2 unspecified atom stereocenters. The molecule has 0 aromatic heterocycles. The van der Waals surface area contributed by atoms with Crippen LogP contribution in [0, 0.1) is 23.7 Å². The Bertz CT molecular complexity index is 908. The molecule has 0 radical (unpaired) electrons. The molecular weight excluding hydrogens is 400 g/mol. The third kappa shape index (κ3) is 9.70. The molecule has 2 amide bonds. The van der Waals surface area contributed by atoms with Crippen molar-refractivity contribution in [3.8, 4) is 23.7 Å². The molecule has 3 N–H and O–H groups in total. The smallest absolute Gasteiger partial charge is 0.407 e. The second-order valence-corrected chi connectivity index (χ2v) is 7.68. The third-order valence-electron chi connectivity index (χ3n) is 3.68. The monoisotopic (exact) mass is 428 g/mol. The van der Waals surface area contributed by atoms with E-state index in [0.29, 0.717) is 11.1 Å². The van der Waals surface area contributed by atoms with Crippen LogP contribution in [0.5, 0.6) is 0 Å². The summed E-state index contributed by atoms with van der Waals surface area (Å²) in [4.78, 5) is 36.7. The van der Waals surface area contributed by atoms with E-state index in [2.05, 4.69) is 34.3 Å². The number of benzene rings is 1. The standard InChI is InChI=1S/C23H28N2O6/c1-15(26)9-7-8-10-17-11-13-18(14-12-17)20(27)25-19(21(28)30-6)16(2)24-22(29)31-23(3,4)5/h11-16,19,26H,1-6H3,(H,24,29)(H,25,27)/t15-,16?,19?/m0/s1. The van der Waals surface area contributed by atoms with E-state index in [1.165, 1.54) is 14.0 Å². The summed E-state index contributed by atoms with van der Waals surface area (Å²) in [6, 6.07) is 4.43. The van der Waals surface area contributed by atoms with Crippen molar-refractivity contribution in [1.29, 1.82) is 0 Å². The molecule has 31 heavy (non-hydrogen) atoms. The zero-order chi connectivity index (χ0) is 23.6. The predicted molar refractivity (Wildman–Crippen MR) is 115 cm³/mol. The lowest BCUT2D eigenvalue weighted by atomic mass is 10.1. The zero-order valence-corrected chi connectivity index (χ0v) is 18.5. The summed E-state index contributed by atoms with van der Waals surface area (Å²) in [5, 5.41) is 14.2. The third-order valence-corrected chi connectivity index (χ3v) is 3.68. The van der Waals surface area contributed by atoms with E-state index in [1.807, 2.05) is 0 Å². The lowest BCUT2D eigenvalue weighted by molar-refractivity contribution is -0.143. The van der Waals surface area contributed by atoms with Crippen molar-refractivity contribution in [1.82, 2.24) is 10.6 Å². The van der Waals surface area contributed by atoms with Crippen LogP contribution in [-0.4, -0.2) is 54.0 Å². The Kier molecular flexibility index (Phi) is 9.59. The SMILES string of the molecule is COC(=O)C(NC(=O)c1ccc(C#CC#C[C@H](C)O)cc1)C(C)NC(=O)OC(C)(C)C. The van der Waals surface area contributed by atoms with Gasteiger partial charge in [0.15, 0.2) is 0 Å². The van der Waals surface area contributed by atoms with Gasteiger partial charge < -0.3 is 25.2 Å². The summed E-state index contributed by atoms with van der Waals surface area (Å²) < 4.78 is 9.93. The summed E-state index contributed by atoms with van der Waals surface area (Å²) in [7, 11) is 1.19. The molecule has 0 spiro atoms. The van der Waals surface area contributed by atoms with Crippen LogP contribution in [0.4, 0.5) is 4.79 Å². The van der Waals surface area contributed by atoms with E-state index in [-0.39, 0.29) is 0 Å². The van der Waals surface area contributed by atoms with E-state index in [1.54, 1.807) is 52.0 Å². The first-order valence-electron chi connectivity index (χ1n) is 9.61. The number of esters is 1. The fraction of sp³-hybridized carbons (Fsp3) is 0.435. The predicted octanol–water partition coefficient (Wildman–Crippen LogP) is 1.61. The lowest BCUT2D eigenvalue weighted by Crippen LogP contribution is -2.55. The minimum atomic E-state index is -1.12. The van der Waals surface area contributed by atoms with Crippen LogP contribution in [0.1, 0.15) is 50.5 Å². The highest BCUT2D eigenvalue weighted by atomic mass is 16.6. The van der Waals surface area contributed by atoms with Gasteiger partial charge in [-0.15, -0.1) is 0 Å². The first-order chi connectivity index (χ1) is 14.4. The summed E-state index contributed by atoms with van der Waals surface area (Å²) in [5.41, 5.74) is 0.209. The van der Waals surface area contributed by atoms with Crippen molar-refractivity contribution in [2.75, 3.05) is 7.11 Å². The average Bonchev–Trinajstić information content (AvgIpc) is 2.67. The molecule has 8 nitrogen and oxygen atoms in total. The number of nitrogens with one attached hydrogen (secondary N) is 2. The molecular formula is C23H28N2O6. The molecule has 166 valence electrons. The van der Waals surface area contributed by atoms with Gasteiger partial charge in [-0.25, -0.2) is 9.59 Å². The van der Waals surface area contributed by atoms with Gasteiger partial charge in [-0.1, -0.05) is 11.8 Å². The van der Waals surface area contributed by atoms with Gasteiger partial charge in [0, 0.05) is 11.1 Å². The van der Waals surface area contributed by atoms with Crippen LogP contribution < -0.4 is 10.6 Å². The van der Waals surface area contributed by atoms with Gasteiger partial charge in [-0.2, -0.15) is 0 Å². The maximum Gasteiger partial charge on any atom is 0.407 e. The Balaban J connectivity index is 2.87. The Morgan fingerprint density at radius 1 is 1.03 bits per heavy atom. The van der Waals surface area contributed by atoms with Gasteiger partial charge in [0.05, 0.1) is 13.2 Å². The summed E-state index contributed by atoms with van der Waals surface area (Å²) >= 11 is 0. The molecule has 0 aliphatic heterocycles. The number of methoxy groups -OCH3 is 1. The van der Waals surface area contributed by atoms with Gasteiger partial charge in [-0.05, 0) is 70.7 Å². The van der Waals surface area contributed by atoms with Crippen molar-refractivity contribution in [3.05, 3.63) is 35.4 Å². The van der Waals surface area contributed by atoms with Crippen LogP contribution in [0.2, 0.25) is 0 Å².